The predicted octanol–water partition coefficient (Wildman–Crippen LogP) is 3.57. The SMILES string of the molecule is O=C(COC(=O)c1ccc2c(c1)C(=O)N(c1ccc(F)cc1)C2=O)c1ccc([N+](=O)[O-])cc1. The van der Waals surface area contributed by atoms with Gasteiger partial charge in [0.05, 0.1) is 27.3 Å². The van der Waals surface area contributed by atoms with Crippen molar-refractivity contribution in [2.45, 2.75) is 0 Å². The molecular weight excluding hydrogens is 435 g/mol. The van der Waals surface area contributed by atoms with Crippen molar-refractivity contribution < 1.29 is 33.2 Å². The van der Waals surface area contributed by atoms with E-state index >= 15 is 0 Å². The first-order chi connectivity index (χ1) is 15.8. The summed E-state index contributed by atoms with van der Waals surface area (Å²) < 4.78 is 18.2. The Bertz CT molecular complexity index is 1320. The van der Waals surface area contributed by atoms with E-state index < -0.39 is 40.9 Å². The summed E-state index contributed by atoms with van der Waals surface area (Å²) in [6.07, 6.45) is 0. The summed E-state index contributed by atoms with van der Waals surface area (Å²) in [7, 11) is 0. The van der Waals surface area contributed by atoms with Crippen molar-refractivity contribution in [1.29, 1.82) is 0 Å². The molecule has 0 unspecified atom stereocenters. The first-order valence-corrected chi connectivity index (χ1v) is 9.49. The minimum absolute atomic E-state index is 0.0273. The van der Waals surface area contributed by atoms with Gasteiger partial charge < -0.3 is 4.74 Å². The van der Waals surface area contributed by atoms with Crippen LogP contribution in [0.1, 0.15) is 41.4 Å². The molecule has 0 saturated heterocycles. The number of Topliss-reactive ketones (excluding diaryl/α,β-unsaturated/α-hetero) is 1. The fourth-order valence-electron chi connectivity index (χ4n) is 3.26. The van der Waals surface area contributed by atoms with Gasteiger partial charge in [0.2, 0.25) is 0 Å². The fraction of sp³-hybridized carbons (Fsp3) is 0.0435. The minimum Gasteiger partial charge on any atom is -0.454 e. The maximum Gasteiger partial charge on any atom is 0.338 e. The third kappa shape index (κ3) is 4.09. The number of halogens is 1. The number of amides is 2. The number of nitro benzene ring substituents is 1. The van der Waals surface area contributed by atoms with Gasteiger partial charge in [0, 0.05) is 17.7 Å². The van der Waals surface area contributed by atoms with Crippen LogP contribution in [0.4, 0.5) is 15.8 Å². The number of benzene rings is 3. The molecule has 1 heterocycles. The third-order valence-corrected chi connectivity index (χ3v) is 4.94. The third-order valence-electron chi connectivity index (χ3n) is 4.94. The number of fused-ring (bicyclic) bond motifs is 1. The van der Waals surface area contributed by atoms with Gasteiger partial charge in [0.1, 0.15) is 5.82 Å². The second-order valence-corrected chi connectivity index (χ2v) is 6.99. The number of carbonyl (C=O) groups excluding carboxylic acids is 4. The Morgan fingerprint density at radius 1 is 0.879 bits per heavy atom. The highest BCUT2D eigenvalue weighted by Crippen LogP contribution is 2.29. The number of ether oxygens (including phenoxy) is 1. The average molecular weight is 448 g/mol. The van der Waals surface area contributed by atoms with Crippen molar-refractivity contribution in [1.82, 2.24) is 0 Å². The van der Waals surface area contributed by atoms with Crippen LogP contribution in [0.3, 0.4) is 0 Å². The molecule has 10 heteroatoms. The van der Waals surface area contributed by atoms with Gasteiger partial charge in [-0.2, -0.15) is 0 Å². The topological polar surface area (TPSA) is 124 Å². The Kier molecular flexibility index (Phi) is 5.49. The standard InChI is InChI=1S/C23H13FN2O7/c24-15-4-8-16(9-5-15)25-21(28)18-10-3-14(11-19(18)22(25)29)23(30)33-12-20(27)13-1-6-17(7-2-13)26(31)32/h1-11H,12H2. The summed E-state index contributed by atoms with van der Waals surface area (Å²) in [6, 6.07) is 13.4. The first-order valence-electron chi connectivity index (χ1n) is 9.49. The largest absolute Gasteiger partial charge is 0.454 e. The van der Waals surface area contributed by atoms with Crippen molar-refractivity contribution in [2.75, 3.05) is 11.5 Å². The summed E-state index contributed by atoms with van der Waals surface area (Å²) >= 11 is 0. The Balaban J connectivity index is 1.47. The molecule has 0 aromatic heterocycles. The van der Waals surface area contributed by atoms with Crippen molar-refractivity contribution >= 4 is 34.9 Å². The molecule has 0 saturated carbocycles. The number of imide groups is 1. The number of hydrogen-bond acceptors (Lipinski definition) is 7. The number of rotatable bonds is 6. The van der Waals surface area contributed by atoms with Gasteiger partial charge >= 0.3 is 5.97 Å². The highest BCUT2D eigenvalue weighted by Gasteiger charge is 2.37. The molecule has 3 aromatic carbocycles. The molecule has 33 heavy (non-hydrogen) atoms. The molecule has 4 rings (SSSR count). The number of nitrogens with zero attached hydrogens (tertiary/aromatic N) is 2. The van der Waals surface area contributed by atoms with Gasteiger partial charge in [-0.15, -0.1) is 0 Å². The number of hydrogen-bond donors (Lipinski definition) is 0. The van der Waals surface area contributed by atoms with Crippen molar-refractivity contribution in [3.05, 3.63) is 105 Å². The van der Waals surface area contributed by atoms with E-state index in [1.807, 2.05) is 0 Å². The fourth-order valence-corrected chi connectivity index (χ4v) is 3.26. The maximum absolute atomic E-state index is 13.2. The van der Waals surface area contributed by atoms with Crippen LogP contribution in [-0.4, -0.2) is 35.1 Å². The van der Waals surface area contributed by atoms with Gasteiger partial charge in [-0.3, -0.25) is 24.5 Å². The molecule has 0 radical (unpaired) electrons. The van der Waals surface area contributed by atoms with Crippen LogP contribution in [-0.2, 0) is 4.74 Å². The lowest BCUT2D eigenvalue weighted by Gasteiger charge is -2.13. The quantitative estimate of drug-likeness (QED) is 0.186. The van der Waals surface area contributed by atoms with Crippen LogP contribution in [0.25, 0.3) is 0 Å². The first kappa shape index (κ1) is 21.5. The summed E-state index contributed by atoms with van der Waals surface area (Å²) in [4.78, 5) is 60.9. The van der Waals surface area contributed by atoms with E-state index in [9.17, 15) is 33.7 Å². The van der Waals surface area contributed by atoms with Crippen molar-refractivity contribution in [3.63, 3.8) is 0 Å². The van der Waals surface area contributed by atoms with Crippen LogP contribution >= 0.6 is 0 Å². The molecule has 164 valence electrons. The van der Waals surface area contributed by atoms with Gasteiger partial charge in [-0.25, -0.2) is 14.1 Å². The molecule has 1 aliphatic rings. The molecule has 0 atom stereocenters. The molecule has 0 bridgehead atoms. The maximum atomic E-state index is 13.2. The number of anilines is 1. The highest BCUT2D eigenvalue weighted by molar-refractivity contribution is 6.34. The van der Waals surface area contributed by atoms with E-state index in [-0.39, 0.29) is 33.6 Å². The van der Waals surface area contributed by atoms with E-state index in [2.05, 4.69) is 0 Å². The van der Waals surface area contributed by atoms with Crippen LogP contribution < -0.4 is 4.90 Å². The Morgan fingerprint density at radius 2 is 1.48 bits per heavy atom. The molecule has 0 N–H and O–H groups in total. The lowest BCUT2D eigenvalue weighted by Crippen LogP contribution is -2.29. The molecule has 9 nitrogen and oxygen atoms in total. The van der Waals surface area contributed by atoms with E-state index in [1.54, 1.807) is 0 Å². The molecule has 3 aromatic rings. The summed E-state index contributed by atoms with van der Waals surface area (Å²) in [5.74, 6) is -3.29. The average Bonchev–Trinajstić information content (AvgIpc) is 3.07. The highest BCUT2D eigenvalue weighted by atomic mass is 19.1. The van der Waals surface area contributed by atoms with E-state index in [0.717, 1.165) is 29.2 Å². The van der Waals surface area contributed by atoms with Crippen LogP contribution in [0.5, 0.6) is 0 Å². The summed E-state index contributed by atoms with van der Waals surface area (Å²) in [5.41, 5.74) is 0.115. The van der Waals surface area contributed by atoms with E-state index in [1.165, 1.54) is 42.5 Å². The molecular formula is C23H13FN2O7. The monoisotopic (exact) mass is 448 g/mol. The number of ketones is 1. The number of carbonyl (C=O) groups is 4. The van der Waals surface area contributed by atoms with E-state index in [0.29, 0.717) is 0 Å². The van der Waals surface area contributed by atoms with E-state index in [4.69, 9.17) is 4.74 Å². The summed E-state index contributed by atoms with van der Waals surface area (Å²) in [5, 5.41) is 10.7. The lowest BCUT2D eigenvalue weighted by molar-refractivity contribution is -0.384. The molecule has 1 aliphatic heterocycles. The minimum atomic E-state index is -0.895. The molecule has 0 fully saturated rings. The summed E-state index contributed by atoms with van der Waals surface area (Å²) in [6.45, 7) is -0.623. The van der Waals surface area contributed by atoms with Crippen LogP contribution in [0, 0.1) is 15.9 Å². The second-order valence-electron chi connectivity index (χ2n) is 6.99. The predicted molar refractivity (Wildman–Crippen MR) is 112 cm³/mol. The second kappa shape index (κ2) is 8.42. The lowest BCUT2D eigenvalue weighted by atomic mass is 10.1. The van der Waals surface area contributed by atoms with Gasteiger partial charge in [-0.1, -0.05) is 0 Å². The van der Waals surface area contributed by atoms with Gasteiger partial charge in [0.15, 0.2) is 12.4 Å². The molecule has 0 spiro atoms. The van der Waals surface area contributed by atoms with Crippen LogP contribution in [0.15, 0.2) is 66.7 Å². The number of nitro groups is 1. The van der Waals surface area contributed by atoms with Crippen molar-refractivity contribution in [2.24, 2.45) is 0 Å². The molecule has 0 aliphatic carbocycles. The van der Waals surface area contributed by atoms with Gasteiger partial charge in [-0.05, 0) is 54.6 Å². The zero-order chi connectivity index (χ0) is 23.7. The smallest absolute Gasteiger partial charge is 0.338 e. The Hall–Kier alpha value is -4.73. The Morgan fingerprint density at radius 3 is 2.12 bits per heavy atom. The zero-order valence-corrected chi connectivity index (χ0v) is 16.7. The van der Waals surface area contributed by atoms with Crippen LogP contribution in [0.2, 0.25) is 0 Å². The van der Waals surface area contributed by atoms with Crippen molar-refractivity contribution in [3.8, 4) is 0 Å². The number of esters is 1. The number of non-ortho nitro benzene ring substituents is 1. The Labute approximate surface area is 185 Å². The van der Waals surface area contributed by atoms with Gasteiger partial charge in [0.25, 0.3) is 17.5 Å². The normalized spacial score (nSPS) is 12.5. The molecule has 2 amide bonds. The zero-order valence-electron chi connectivity index (χ0n) is 16.7.